The molecule has 2 aromatic carbocycles. The second-order valence-electron chi connectivity index (χ2n) is 7.01. The molecule has 0 aliphatic heterocycles. The molecular weight excluding hydrogens is 314 g/mol. The predicted octanol–water partition coefficient (Wildman–Crippen LogP) is 4.39. The minimum atomic E-state index is 0.269. The van der Waals surface area contributed by atoms with E-state index in [4.69, 9.17) is 6.42 Å². The van der Waals surface area contributed by atoms with E-state index in [0.717, 1.165) is 11.3 Å². The van der Waals surface area contributed by atoms with Crippen molar-refractivity contribution in [1.29, 1.82) is 0 Å². The summed E-state index contributed by atoms with van der Waals surface area (Å²) in [6.45, 7) is 14.7. The first-order valence-corrected chi connectivity index (χ1v) is 9.03. The highest BCUT2D eigenvalue weighted by Crippen LogP contribution is 2.23. The summed E-state index contributed by atoms with van der Waals surface area (Å²) >= 11 is 0. The Hall–Kier alpha value is -2.72. The van der Waals surface area contributed by atoms with Crippen LogP contribution in [0.1, 0.15) is 37.5 Å². The van der Waals surface area contributed by atoms with E-state index < -0.39 is 0 Å². The summed E-state index contributed by atoms with van der Waals surface area (Å²) < 4.78 is 0. The average Bonchev–Trinajstić information content (AvgIpc) is 2.60. The number of hydrogen-bond acceptors (Lipinski definition) is 1. The third-order valence-electron chi connectivity index (χ3n) is 5.05. The molecule has 1 unspecified atom stereocenters. The summed E-state index contributed by atoms with van der Waals surface area (Å²) in [6, 6.07) is 11.0. The summed E-state index contributed by atoms with van der Waals surface area (Å²) in [5, 5.41) is 2.54. The van der Waals surface area contributed by atoms with Crippen molar-refractivity contribution < 1.29 is 0 Å². The van der Waals surface area contributed by atoms with Gasteiger partial charge in [-0.25, -0.2) is 0 Å². The van der Waals surface area contributed by atoms with Crippen LogP contribution in [0, 0.1) is 26.2 Å². The first kappa shape index (κ1) is 19.6. The Bertz CT molecular complexity index is 986. The van der Waals surface area contributed by atoms with Crippen LogP contribution >= 0.6 is 0 Å². The van der Waals surface area contributed by atoms with Crippen molar-refractivity contribution in [1.82, 2.24) is 4.90 Å². The molecule has 0 fully saturated rings. The first-order valence-electron chi connectivity index (χ1n) is 9.03. The largest absolute Gasteiger partial charge is 0.372 e. The van der Waals surface area contributed by atoms with Gasteiger partial charge in [-0.05, 0) is 85.5 Å². The number of hydrogen-bond donors (Lipinski definition) is 0. The Balaban J connectivity index is 2.68. The maximum atomic E-state index is 5.53. The highest BCUT2D eigenvalue weighted by atomic mass is 15.1. The van der Waals surface area contributed by atoms with Crippen molar-refractivity contribution in [3.8, 4) is 23.5 Å². The number of rotatable bonds is 4. The SMILES string of the molecule is C#Cc1ccc(-c2cc(C)c(=C/C)/c(=C\C(C)N(C)C(=C)C)c2)c(C)c1. The number of terminal acetylenes is 1. The van der Waals surface area contributed by atoms with E-state index in [-0.39, 0.29) is 6.04 Å². The van der Waals surface area contributed by atoms with Crippen molar-refractivity contribution in [2.75, 3.05) is 7.05 Å². The minimum Gasteiger partial charge on any atom is -0.372 e. The summed E-state index contributed by atoms with van der Waals surface area (Å²) in [4.78, 5) is 2.19. The summed E-state index contributed by atoms with van der Waals surface area (Å²) in [5.74, 6) is 2.71. The molecule has 0 saturated carbocycles. The van der Waals surface area contributed by atoms with Gasteiger partial charge in [0.15, 0.2) is 0 Å². The van der Waals surface area contributed by atoms with Crippen LogP contribution in [0.4, 0.5) is 0 Å². The zero-order valence-corrected chi connectivity index (χ0v) is 16.9. The molecule has 0 amide bonds. The van der Waals surface area contributed by atoms with Gasteiger partial charge in [-0.3, -0.25) is 0 Å². The molecule has 0 aromatic heterocycles. The van der Waals surface area contributed by atoms with Crippen LogP contribution < -0.4 is 10.4 Å². The standard InChI is InChI=1S/C25H29N/c1-9-21-11-12-25(18(5)13-21)22-14-19(6)24(10-2)23(16-22)15-20(7)26(8)17(3)4/h1,10-16,20H,3H2,2,4-8H3/b23-15-,24-10-. The van der Waals surface area contributed by atoms with Crippen molar-refractivity contribution in [2.45, 2.75) is 40.7 Å². The molecule has 1 heteroatoms. The normalized spacial score (nSPS) is 13.4. The molecular formula is C25H29N. The lowest BCUT2D eigenvalue weighted by Crippen LogP contribution is -2.33. The number of allylic oxidation sites excluding steroid dienone is 1. The minimum absolute atomic E-state index is 0.269. The smallest absolute Gasteiger partial charge is 0.0447 e. The van der Waals surface area contributed by atoms with Gasteiger partial charge in [-0.1, -0.05) is 36.8 Å². The van der Waals surface area contributed by atoms with Gasteiger partial charge < -0.3 is 4.90 Å². The maximum absolute atomic E-state index is 5.53. The molecule has 26 heavy (non-hydrogen) atoms. The Morgan fingerprint density at radius 1 is 1.19 bits per heavy atom. The molecule has 0 spiro atoms. The molecule has 0 heterocycles. The molecule has 2 rings (SSSR count). The monoisotopic (exact) mass is 343 g/mol. The Morgan fingerprint density at radius 3 is 2.42 bits per heavy atom. The van der Waals surface area contributed by atoms with Gasteiger partial charge in [0.25, 0.3) is 0 Å². The van der Waals surface area contributed by atoms with Crippen LogP contribution in [0.2, 0.25) is 0 Å². The molecule has 0 saturated heterocycles. The summed E-state index contributed by atoms with van der Waals surface area (Å²) in [7, 11) is 2.08. The Morgan fingerprint density at radius 2 is 1.88 bits per heavy atom. The fourth-order valence-corrected chi connectivity index (χ4v) is 3.31. The van der Waals surface area contributed by atoms with Crippen molar-refractivity contribution in [2.24, 2.45) is 0 Å². The number of nitrogens with zero attached hydrogens (tertiary/aromatic N) is 1. The van der Waals surface area contributed by atoms with Gasteiger partial charge in [0.05, 0.1) is 0 Å². The number of benzene rings is 2. The van der Waals surface area contributed by atoms with Crippen LogP contribution in [-0.2, 0) is 0 Å². The Labute approximate surface area is 158 Å². The van der Waals surface area contributed by atoms with Crippen LogP contribution in [0.3, 0.4) is 0 Å². The summed E-state index contributed by atoms with van der Waals surface area (Å²) in [6.07, 6.45) is 10.0. The van der Waals surface area contributed by atoms with Crippen molar-refractivity contribution in [3.63, 3.8) is 0 Å². The fourth-order valence-electron chi connectivity index (χ4n) is 3.31. The molecule has 2 aromatic rings. The zero-order chi connectivity index (χ0) is 19.4. The van der Waals surface area contributed by atoms with E-state index in [9.17, 15) is 0 Å². The molecule has 1 nitrogen and oxygen atoms in total. The fraction of sp³-hybridized carbons (Fsp3) is 0.280. The van der Waals surface area contributed by atoms with Gasteiger partial charge >= 0.3 is 0 Å². The second-order valence-corrected chi connectivity index (χ2v) is 7.01. The average molecular weight is 344 g/mol. The van der Waals surface area contributed by atoms with E-state index >= 15 is 0 Å². The topological polar surface area (TPSA) is 3.24 Å². The third kappa shape index (κ3) is 4.09. The van der Waals surface area contributed by atoms with E-state index in [1.807, 2.05) is 13.0 Å². The third-order valence-corrected chi connectivity index (χ3v) is 5.05. The summed E-state index contributed by atoms with van der Waals surface area (Å²) in [5.41, 5.74) is 6.92. The molecule has 0 N–H and O–H groups in total. The van der Waals surface area contributed by atoms with Gasteiger partial charge in [0.2, 0.25) is 0 Å². The lowest BCUT2D eigenvalue weighted by atomic mass is 9.95. The molecule has 1 atom stereocenters. The zero-order valence-electron chi connectivity index (χ0n) is 16.9. The van der Waals surface area contributed by atoms with Crippen LogP contribution in [0.5, 0.6) is 0 Å². The molecule has 0 aliphatic carbocycles. The van der Waals surface area contributed by atoms with Crippen LogP contribution in [0.25, 0.3) is 23.3 Å². The molecule has 0 aliphatic rings. The van der Waals surface area contributed by atoms with Crippen molar-refractivity contribution in [3.05, 3.63) is 69.7 Å². The quantitative estimate of drug-likeness (QED) is 0.745. The lowest BCUT2D eigenvalue weighted by molar-refractivity contribution is 0.390. The Kier molecular flexibility index (Phi) is 6.11. The first-order chi connectivity index (χ1) is 12.3. The maximum Gasteiger partial charge on any atom is 0.0447 e. The highest BCUT2D eigenvalue weighted by molar-refractivity contribution is 5.69. The van der Waals surface area contributed by atoms with Gasteiger partial charge in [0.1, 0.15) is 0 Å². The van der Waals surface area contributed by atoms with Gasteiger partial charge in [-0.15, -0.1) is 6.42 Å². The molecule has 134 valence electrons. The number of aryl methyl sites for hydroxylation is 2. The predicted molar refractivity (Wildman–Crippen MR) is 115 cm³/mol. The lowest BCUT2D eigenvalue weighted by Gasteiger charge is -2.24. The molecule has 0 radical (unpaired) electrons. The second kappa shape index (κ2) is 8.11. The van der Waals surface area contributed by atoms with E-state index in [0.29, 0.717) is 0 Å². The van der Waals surface area contributed by atoms with E-state index in [2.05, 4.69) is 88.6 Å². The van der Waals surface area contributed by atoms with Gasteiger partial charge in [0, 0.05) is 24.4 Å². The van der Waals surface area contributed by atoms with Crippen LogP contribution in [0.15, 0.2) is 42.6 Å². The van der Waals surface area contributed by atoms with E-state index in [1.165, 1.54) is 32.7 Å². The van der Waals surface area contributed by atoms with Gasteiger partial charge in [-0.2, -0.15) is 0 Å². The highest BCUT2D eigenvalue weighted by Gasteiger charge is 2.08. The van der Waals surface area contributed by atoms with E-state index in [1.54, 1.807) is 0 Å². The van der Waals surface area contributed by atoms with Crippen molar-refractivity contribution >= 4 is 12.2 Å². The van der Waals surface area contributed by atoms with Crippen LogP contribution in [-0.4, -0.2) is 18.0 Å². The molecule has 0 bridgehead atoms.